The number of fused-ring (bicyclic) bond motifs is 1. The van der Waals surface area contributed by atoms with Gasteiger partial charge in [-0.25, -0.2) is 0 Å². The van der Waals surface area contributed by atoms with Crippen molar-refractivity contribution in [1.82, 2.24) is 0 Å². The summed E-state index contributed by atoms with van der Waals surface area (Å²) in [5.41, 5.74) is 1.24. The van der Waals surface area contributed by atoms with Crippen LogP contribution in [-0.4, -0.2) is 13.2 Å². The number of halogens is 1. The van der Waals surface area contributed by atoms with Crippen molar-refractivity contribution in [3.05, 3.63) is 58.6 Å². The Morgan fingerprint density at radius 2 is 1.89 bits per heavy atom. The molecule has 0 aliphatic carbocycles. The van der Waals surface area contributed by atoms with Crippen LogP contribution in [0.1, 0.15) is 11.5 Å². The molecule has 2 aromatic carbocycles. The molecule has 0 aromatic heterocycles. The van der Waals surface area contributed by atoms with Gasteiger partial charge in [0.15, 0.2) is 0 Å². The molecule has 1 heterocycles. The maximum atomic E-state index is 5.85. The van der Waals surface area contributed by atoms with Crippen LogP contribution in [0.5, 0.6) is 11.5 Å². The van der Waals surface area contributed by atoms with E-state index in [9.17, 15) is 0 Å². The van der Waals surface area contributed by atoms with E-state index in [-0.39, 0.29) is 0 Å². The van der Waals surface area contributed by atoms with E-state index in [1.165, 1.54) is 5.56 Å². The molecular formula is C15H13BrO2. The standard InChI is InChI=1S/C15H13BrO2/c16-13-6-2-4-8-15(13)18-10-11-9-17-14-7-3-1-5-12(11)14/h1-8,11H,9-10H2. The molecule has 1 unspecified atom stereocenters. The fraction of sp³-hybridized carbons (Fsp3) is 0.200. The lowest BCUT2D eigenvalue weighted by Gasteiger charge is -2.12. The van der Waals surface area contributed by atoms with Crippen LogP contribution in [0.25, 0.3) is 0 Å². The van der Waals surface area contributed by atoms with E-state index < -0.39 is 0 Å². The third kappa shape index (κ3) is 2.23. The van der Waals surface area contributed by atoms with Crippen molar-refractivity contribution in [1.29, 1.82) is 0 Å². The van der Waals surface area contributed by atoms with Gasteiger partial charge in [0, 0.05) is 5.56 Å². The number of rotatable bonds is 3. The van der Waals surface area contributed by atoms with Gasteiger partial charge in [-0.1, -0.05) is 30.3 Å². The van der Waals surface area contributed by atoms with Crippen molar-refractivity contribution in [2.24, 2.45) is 0 Å². The number of hydrogen-bond donors (Lipinski definition) is 0. The van der Waals surface area contributed by atoms with Crippen LogP contribution in [0.4, 0.5) is 0 Å². The molecule has 0 fully saturated rings. The molecule has 1 aliphatic heterocycles. The first-order chi connectivity index (χ1) is 8.84. The Bertz CT molecular complexity index is 554. The van der Waals surface area contributed by atoms with Gasteiger partial charge in [0.25, 0.3) is 0 Å². The molecule has 3 heteroatoms. The largest absolute Gasteiger partial charge is 0.493 e. The summed E-state index contributed by atoms with van der Waals surface area (Å²) in [4.78, 5) is 0. The van der Waals surface area contributed by atoms with Crippen molar-refractivity contribution < 1.29 is 9.47 Å². The third-order valence-electron chi connectivity index (χ3n) is 3.08. The van der Waals surface area contributed by atoms with Crippen molar-refractivity contribution in [2.75, 3.05) is 13.2 Å². The van der Waals surface area contributed by atoms with E-state index in [4.69, 9.17) is 9.47 Å². The molecule has 1 aliphatic rings. The molecule has 0 spiro atoms. The minimum absolute atomic E-state index is 0.313. The van der Waals surface area contributed by atoms with Gasteiger partial charge in [-0.15, -0.1) is 0 Å². The summed E-state index contributed by atoms with van der Waals surface area (Å²) in [7, 11) is 0. The topological polar surface area (TPSA) is 18.5 Å². The minimum atomic E-state index is 0.313. The second-order valence-electron chi connectivity index (χ2n) is 4.29. The molecule has 0 saturated heterocycles. The van der Waals surface area contributed by atoms with E-state index in [0.29, 0.717) is 19.1 Å². The summed E-state index contributed by atoms with van der Waals surface area (Å²) in [6.07, 6.45) is 0. The fourth-order valence-electron chi connectivity index (χ4n) is 2.12. The molecule has 0 saturated carbocycles. The third-order valence-corrected chi connectivity index (χ3v) is 3.73. The predicted octanol–water partition coefficient (Wildman–Crippen LogP) is 4.00. The van der Waals surface area contributed by atoms with E-state index in [0.717, 1.165) is 16.0 Å². The lowest BCUT2D eigenvalue weighted by atomic mass is 10.0. The molecule has 0 amide bonds. The maximum Gasteiger partial charge on any atom is 0.133 e. The van der Waals surface area contributed by atoms with Crippen LogP contribution in [0.3, 0.4) is 0 Å². The van der Waals surface area contributed by atoms with Crippen LogP contribution < -0.4 is 9.47 Å². The van der Waals surface area contributed by atoms with E-state index in [1.807, 2.05) is 42.5 Å². The van der Waals surface area contributed by atoms with Gasteiger partial charge in [0.1, 0.15) is 11.5 Å². The first kappa shape index (κ1) is 11.6. The average Bonchev–Trinajstić information content (AvgIpc) is 2.81. The minimum Gasteiger partial charge on any atom is -0.493 e. The summed E-state index contributed by atoms with van der Waals surface area (Å²) >= 11 is 3.48. The lowest BCUT2D eigenvalue weighted by molar-refractivity contribution is 0.247. The number of benzene rings is 2. The number of para-hydroxylation sites is 2. The maximum absolute atomic E-state index is 5.85. The molecule has 0 radical (unpaired) electrons. The Labute approximate surface area is 115 Å². The van der Waals surface area contributed by atoms with Crippen molar-refractivity contribution in [3.8, 4) is 11.5 Å². The van der Waals surface area contributed by atoms with Crippen molar-refractivity contribution >= 4 is 15.9 Å². The Balaban J connectivity index is 1.71. The van der Waals surface area contributed by atoms with Crippen molar-refractivity contribution in [2.45, 2.75) is 5.92 Å². The van der Waals surface area contributed by atoms with Crippen LogP contribution >= 0.6 is 15.9 Å². The van der Waals surface area contributed by atoms with Gasteiger partial charge in [0.2, 0.25) is 0 Å². The summed E-state index contributed by atoms with van der Waals surface area (Å²) < 4.78 is 12.5. The zero-order valence-electron chi connectivity index (χ0n) is 9.80. The monoisotopic (exact) mass is 304 g/mol. The first-order valence-electron chi connectivity index (χ1n) is 5.93. The average molecular weight is 305 g/mol. The molecule has 0 N–H and O–H groups in total. The zero-order chi connectivity index (χ0) is 12.4. The number of hydrogen-bond acceptors (Lipinski definition) is 2. The zero-order valence-corrected chi connectivity index (χ0v) is 11.4. The smallest absolute Gasteiger partial charge is 0.133 e. The highest BCUT2D eigenvalue weighted by molar-refractivity contribution is 9.10. The van der Waals surface area contributed by atoms with Gasteiger partial charge >= 0.3 is 0 Å². The van der Waals surface area contributed by atoms with Gasteiger partial charge in [0.05, 0.1) is 23.6 Å². The Hall–Kier alpha value is -1.48. The Kier molecular flexibility index (Phi) is 3.24. The molecule has 92 valence electrons. The molecule has 1 atom stereocenters. The summed E-state index contributed by atoms with van der Waals surface area (Å²) in [5, 5.41) is 0. The summed E-state index contributed by atoms with van der Waals surface area (Å²) in [6, 6.07) is 16.0. The van der Waals surface area contributed by atoms with E-state index in [1.54, 1.807) is 0 Å². The molecule has 0 bridgehead atoms. The molecule has 2 aromatic rings. The normalized spacial score (nSPS) is 17.1. The molecule has 18 heavy (non-hydrogen) atoms. The second-order valence-corrected chi connectivity index (χ2v) is 5.14. The molecule has 2 nitrogen and oxygen atoms in total. The quantitative estimate of drug-likeness (QED) is 0.853. The van der Waals surface area contributed by atoms with Gasteiger partial charge < -0.3 is 9.47 Å². The Morgan fingerprint density at radius 3 is 2.78 bits per heavy atom. The molecule has 3 rings (SSSR count). The molecular weight excluding hydrogens is 292 g/mol. The van der Waals surface area contributed by atoms with Crippen LogP contribution in [0.2, 0.25) is 0 Å². The van der Waals surface area contributed by atoms with Gasteiger partial charge in [-0.3, -0.25) is 0 Å². The van der Waals surface area contributed by atoms with Crippen LogP contribution in [-0.2, 0) is 0 Å². The summed E-state index contributed by atoms with van der Waals surface area (Å²) in [6.45, 7) is 1.34. The van der Waals surface area contributed by atoms with E-state index in [2.05, 4.69) is 22.0 Å². The highest BCUT2D eigenvalue weighted by Gasteiger charge is 2.24. The predicted molar refractivity (Wildman–Crippen MR) is 74.3 cm³/mol. The SMILES string of the molecule is Brc1ccccc1OCC1COc2ccccc21. The summed E-state index contributed by atoms with van der Waals surface area (Å²) in [5.74, 6) is 2.17. The highest BCUT2D eigenvalue weighted by atomic mass is 79.9. The Morgan fingerprint density at radius 1 is 1.11 bits per heavy atom. The highest BCUT2D eigenvalue weighted by Crippen LogP contribution is 2.34. The van der Waals surface area contributed by atoms with Crippen molar-refractivity contribution in [3.63, 3.8) is 0 Å². The van der Waals surface area contributed by atoms with Gasteiger partial charge in [-0.05, 0) is 34.1 Å². The van der Waals surface area contributed by atoms with Crippen LogP contribution in [0.15, 0.2) is 53.0 Å². The lowest BCUT2D eigenvalue weighted by Crippen LogP contribution is -2.11. The fourth-order valence-corrected chi connectivity index (χ4v) is 2.52. The van der Waals surface area contributed by atoms with E-state index >= 15 is 0 Å². The second kappa shape index (κ2) is 5.02. The van der Waals surface area contributed by atoms with Crippen LogP contribution in [0, 0.1) is 0 Å². The number of ether oxygens (including phenoxy) is 2. The van der Waals surface area contributed by atoms with Gasteiger partial charge in [-0.2, -0.15) is 0 Å². The first-order valence-corrected chi connectivity index (χ1v) is 6.73.